The SMILES string of the molecule is Cc1nn(Cc2c(F)cccc2Cl)c(C)c1NC(=O)c1cccc(COc2ccc(C(C)(C)C)cc2)c1. The molecule has 1 heterocycles. The maximum Gasteiger partial charge on any atom is 0.255 e. The predicted molar refractivity (Wildman–Crippen MR) is 146 cm³/mol. The summed E-state index contributed by atoms with van der Waals surface area (Å²) < 4.78 is 21.9. The first-order valence-electron chi connectivity index (χ1n) is 12.1. The summed E-state index contributed by atoms with van der Waals surface area (Å²) in [5.41, 5.74) is 5.01. The Hall–Kier alpha value is -3.64. The van der Waals surface area contributed by atoms with Crippen molar-refractivity contribution in [3.05, 3.63) is 111 Å². The molecule has 0 atom stereocenters. The smallest absolute Gasteiger partial charge is 0.255 e. The number of amides is 1. The van der Waals surface area contributed by atoms with Gasteiger partial charge >= 0.3 is 0 Å². The van der Waals surface area contributed by atoms with Crippen LogP contribution in [0, 0.1) is 19.7 Å². The number of halogens is 2. The molecule has 7 heteroatoms. The summed E-state index contributed by atoms with van der Waals surface area (Å²) in [6.07, 6.45) is 0. The van der Waals surface area contributed by atoms with Gasteiger partial charge in [0, 0.05) is 16.1 Å². The third-order valence-electron chi connectivity index (χ3n) is 6.30. The number of nitrogens with zero attached hydrogens (tertiary/aromatic N) is 2. The highest BCUT2D eigenvalue weighted by atomic mass is 35.5. The summed E-state index contributed by atoms with van der Waals surface area (Å²) in [5.74, 6) is 0.123. The van der Waals surface area contributed by atoms with Crippen molar-refractivity contribution in [2.24, 2.45) is 0 Å². The van der Waals surface area contributed by atoms with E-state index in [4.69, 9.17) is 16.3 Å². The van der Waals surface area contributed by atoms with Gasteiger partial charge in [-0.25, -0.2) is 4.39 Å². The Morgan fingerprint density at radius 3 is 2.43 bits per heavy atom. The van der Waals surface area contributed by atoms with Gasteiger partial charge in [-0.1, -0.05) is 62.7 Å². The van der Waals surface area contributed by atoms with E-state index in [0.29, 0.717) is 39.8 Å². The fraction of sp³-hybridized carbons (Fsp3) is 0.267. The predicted octanol–water partition coefficient (Wildman–Crippen LogP) is 7.47. The highest BCUT2D eigenvalue weighted by molar-refractivity contribution is 6.31. The van der Waals surface area contributed by atoms with Crippen LogP contribution in [0.4, 0.5) is 10.1 Å². The normalized spacial score (nSPS) is 11.4. The first kappa shape index (κ1) is 26.4. The average molecular weight is 520 g/mol. The Labute approximate surface area is 222 Å². The van der Waals surface area contributed by atoms with E-state index >= 15 is 0 Å². The fourth-order valence-corrected chi connectivity index (χ4v) is 4.29. The van der Waals surface area contributed by atoms with Gasteiger partial charge in [-0.15, -0.1) is 0 Å². The maximum absolute atomic E-state index is 14.3. The first-order chi connectivity index (χ1) is 17.5. The number of ether oxygens (including phenoxy) is 1. The van der Waals surface area contributed by atoms with Crippen LogP contribution >= 0.6 is 11.6 Å². The molecule has 1 amide bonds. The van der Waals surface area contributed by atoms with Crippen LogP contribution in [0.15, 0.2) is 66.7 Å². The molecule has 3 aromatic carbocycles. The van der Waals surface area contributed by atoms with E-state index in [1.165, 1.54) is 11.6 Å². The molecule has 0 spiro atoms. The zero-order valence-electron chi connectivity index (χ0n) is 21.7. The largest absolute Gasteiger partial charge is 0.489 e. The minimum absolute atomic E-state index is 0.0816. The molecule has 4 rings (SSSR count). The van der Waals surface area contributed by atoms with E-state index in [1.54, 1.807) is 29.8 Å². The van der Waals surface area contributed by atoms with Crippen LogP contribution in [-0.2, 0) is 18.6 Å². The minimum Gasteiger partial charge on any atom is -0.489 e. The number of carbonyl (C=O) groups excluding carboxylic acids is 1. The van der Waals surface area contributed by atoms with E-state index in [-0.39, 0.29) is 17.9 Å². The molecule has 0 fully saturated rings. The maximum atomic E-state index is 14.3. The summed E-state index contributed by atoms with van der Waals surface area (Å²) in [4.78, 5) is 13.1. The fourth-order valence-electron chi connectivity index (χ4n) is 4.07. The van der Waals surface area contributed by atoms with Crippen molar-refractivity contribution in [1.29, 1.82) is 0 Å². The Bertz CT molecular complexity index is 1400. The van der Waals surface area contributed by atoms with Crippen LogP contribution in [0.5, 0.6) is 5.75 Å². The average Bonchev–Trinajstić information content (AvgIpc) is 3.12. The number of aryl methyl sites for hydroxylation is 1. The van der Waals surface area contributed by atoms with Crippen molar-refractivity contribution in [2.45, 2.75) is 53.2 Å². The molecule has 192 valence electrons. The minimum atomic E-state index is -0.394. The Morgan fingerprint density at radius 2 is 1.76 bits per heavy atom. The van der Waals surface area contributed by atoms with Gasteiger partial charge in [0.15, 0.2) is 0 Å². The second-order valence-corrected chi connectivity index (χ2v) is 10.5. The summed E-state index contributed by atoms with van der Waals surface area (Å²) in [6, 6.07) is 20.0. The molecule has 0 aliphatic rings. The van der Waals surface area contributed by atoms with Crippen LogP contribution < -0.4 is 10.1 Å². The molecular weight excluding hydrogens is 489 g/mol. The highest BCUT2D eigenvalue weighted by Crippen LogP contribution is 2.26. The lowest BCUT2D eigenvalue weighted by atomic mass is 9.87. The van der Waals surface area contributed by atoms with Crippen LogP contribution in [-0.4, -0.2) is 15.7 Å². The molecule has 0 radical (unpaired) electrons. The van der Waals surface area contributed by atoms with E-state index in [0.717, 1.165) is 11.3 Å². The number of carbonyl (C=O) groups is 1. The molecule has 0 saturated heterocycles. The van der Waals surface area contributed by atoms with Crippen molar-refractivity contribution < 1.29 is 13.9 Å². The van der Waals surface area contributed by atoms with E-state index in [1.807, 2.05) is 37.3 Å². The molecule has 0 aliphatic carbocycles. The molecule has 0 bridgehead atoms. The van der Waals surface area contributed by atoms with E-state index < -0.39 is 5.82 Å². The van der Waals surface area contributed by atoms with Gasteiger partial charge in [0.05, 0.1) is 23.6 Å². The van der Waals surface area contributed by atoms with Crippen molar-refractivity contribution in [3.8, 4) is 5.75 Å². The standard InChI is InChI=1S/C30H31ClFN3O2/c1-19-28(20(2)35(34-19)17-25-26(31)10-7-11-27(25)32)33-29(36)22-9-6-8-21(16-22)18-37-24-14-12-23(13-15-24)30(3,4)5/h6-16H,17-18H2,1-5H3,(H,33,36). The summed E-state index contributed by atoms with van der Waals surface area (Å²) in [7, 11) is 0. The van der Waals surface area contributed by atoms with Crippen LogP contribution in [0.1, 0.15) is 59.2 Å². The molecule has 37 heavy (non-hydrogen) atoms. The highest BCUT2D eigenvalue weighted by Gasteiger charge is 2.18. The van der Waals surface area contributed by atoms with Gasteiger partial charge in [0.25, 0.3) is 5.91 Å². The molecule has 1 N–H and O–H groups in total. The van der Waals surface area contributed by atoms with Crippen LogP contribution in [0.25, 0.3) is 0 Å². The number of rotatable bonds is 7. The molecule has 5 nitrogen and oxygen atoms in total. The van der Waals surface area contributed by atoms with Crippen molar-refractivity contribution in [2.75, 3.05) is 5.32 Å². The molecule has 0 saturated carbocycles. The third kappa shape index (κ3) is 6.20. The Kier molecular flexibility index (Phi) is 7.69. The Balaban J connectivity index is 1.44. The summed E-state index contributed by atoms with van der Waals surface area (Å²) in [6.45, 7) is 10.7. The van der Waals surface area contributed by atoms with Gasteiger partial charge in [-0.05, 0) is 66.8 Å². The molecule has 0 aliphatic heterocycles. The number of nitrogens with one attached hydrogen (secondary N) is 1. The second kappa shape index (κ2) is 10.8. The molecule has 4 aromatic rings. The first-order valence-corrected chi connectivity index (χ1v) is 12.5. The lowest BCUT2D eigenvalue weighted by Crippen LogP contribution is -2.14. The summed E-state index contributed by atoms with van der Waals surface area (Å²) in [5, 5.41) is 7.79. The van der Waals surface area contributed by atoms with Gasteiger partial charge < -0.3 is 10.1 Å². The van der Waals surface area contributed by atoms with Gasteiger partial charge in [-0.2, -0.15) is 5.10 Å². The Morgan fingerprint density at radius 1 is 1.05 bits per heavy atom. The number of anilines is 1. The van der Waals surface area contributed by atoms with Gasteiger partial charge in [-0.3, -0.25) is 9.48 Å². The third-order valence-corrected chi connectivity index (χ3v) is 6.66. The van der Waals surface area contributed by atoms with E-state index in [9.17, 15) is 9.18 Å². The van der Waals surface area contributed by atoms with Gasteiger partial charge in [0.1, 0.15) is 18.2 Å². The monoisotopic (exact) mass is 519 g/mol. The number of hydrogen-bond acceptors (Lipinski definition) is 3. The van der Waals surface area contributed by atoms with Crippen molar-refractivity contribution in [3.63, 3.8) is 0 Å². The number of aromatic nitrogens is 2. The van der Waals surface area contributed by atoms with E-state index in [2.05, 4.69) is 43.3 Å². The van der Waals surface area contributed by atoms with Crippen LogP contribution in [0.2, 0.25) is 5.02 Å². The lowest BCUT2D eigenvalue weighted by molar-refractivity contribution is 0.102. The van der Waals surface area contributed by atoms with Crippen molar-refractivity contribution >= 4 is 23.2 Å². The topological polar surface area (TPSA) is 56.2 Å². The van der Waals surface area contributed by atoms with Crippen LogP contribution in [0.3, 0.4) is 0 Å². The molecule has 1 aromatic heterocycles. The quantitative estimate of drug-likeness (QED) is 0.275. The van der Waals surface area contributed by atoms with Gasteiger partial charge in [0.2, 0.25) is 0 Å². The number of benzene rings is 3. The molecule has 0 unspecified atom stereocenters. The molecular formula is C30H31ClFN3O2. The second-order valence-electron chi connectivity index (χ2n) is 10.1. The zero-order chi connectivity index (χ0) is 26.7. The summed E-state index contributed by atoms with van der Waals surface area (Å²) >= 11 is 6.19. The van der Waals surface area contributed by atoms with Crippen molar-refractivity contribution in [1.82, 2.24) is 9.78 Å². The number of hydrogen-bond donors (Lipinski definition) is 1. The lowest BCUT2D eigenvalue weighted by Gasteiger charge is -2.19. The zero-order valence-corrected chi connectivity index (χ0v) is 22.5.